The first-order valence-electron chi connectivity index (χ1n) is 4.59. The molecule has 3 nitrogen and oxygen atoms in total. The minimum Gasteiger partial charge on any atom is -0.591 e. The lowest BCUT2D eigenvalue weighted by atomic mass is 10.3. The van der Waals surface area contributed by atoms with Gasteiger partial charge in [0.15, 0.2) is 0 Å². The summed E-state index contributed by atoms with van der Waals surface area (Å²) in [5.41, 5.74) is 0.346. The summed E-state index contributed by atoms with van der Waals surface area (Å²) in [5, 5.41) is 0. The zero-order valence-electron chi connectivity index (χ0n) is 9.20. The fourth-order valence-corrected chi connectivity index (χ4v) is 1.50. The summed E-state index contributed by atoms with van der Waals surface area (Å²) >= 11 is 1.64. The van der Waals surface area contributed by atoms with Crippen molar-refractivity contribution >= 4 is 33.5 Å². The molecule has 0 N–H and O–H groups in total. The fraction of sp³-hybridized carbons (Fsp3) is 0.400. The topological polar surface area (TPSA) is 48.3 Å². The Morgan fingerprint density at radius 3 is 2.62 bits per heavy atom. The van der Waals surface area contributed by atoms with Crippen molar-refractivity contribution in [2.75, 3.05) is 0 Å². The summed E-state index contributed by atoms with van der Waals surface area (Å²) in [6.07, 6.45) is 1.32. The Labute approximate surface area is 106 Å². The molecule has 0 amide bonds. The maximum absolute atomic E-state index is 13.0. The van der Waals surface area contributed by atoms with Gasteiger partial charge in [0, 0.05) is 0 Å². The van der Waals surface area contributed by atoms with E-state index in [0.29, 0.717) is 10.2 Å². The molecule has 88 valence electrons. The molecule has 0 aromatic carbocycles. The van der Waals surface area contributed by atoms with Gasteiger partial charge in [-0.15, -0.1) is 0 Å². The van der Waals surface area contributed by atoms with Crippen LogP contribution in [-0.4, -0.2) is 20.5 Å². The van der Waals surface area contributed by atoms with Crippen LogP contribution < -0.4 is 0 Å². The number of aromatic nitrogens is 1. The van der Waals surface area contributed by atoms with Crippen molar-refractivity contribution in [3.63, 3.8) is 0 Å². The normalized spacial score (nSPS) is 14.4. The Morgan fingerprint density at radius 2 is 2.12 bits per heavy atom. The van der Waals surface area contributed by atoms with Crippen molar-refractivity contribution < 1.29 is 8.94 Å². The summed E-state index contributed by atoms with van der Waals surface area (Å²) in [4.78, 5) is 3.63. The van der Waals surface area contributed by atoms with Crippen LogP contribution in [0.1, 0.15) is 26.5 Å². The largest absolute Gasteiger partial charge is 0.591 e. The molecule has 0 saturated heterocycles. The van der Waals surface area contributed by atoms with E-state index in [0.717, 1.165) is 0 Å². The first-order chi connectivity index (χ1) is 7.30. The van der Waals surface area contributed by atoms with Crippen LogP contribution >= 0.6 is 15.9 Å². The Balaban J connectivity index is 2.81. The predicted octanol–water partition coefficient (Wildman–Crippen LogP) is 2.86. The fourth-order valence-electron chi connectivity index (χ4n) is 0.763. The lowest BCUT2D eigenvalue weighted by Crippen LogP contribution is -2.25. The number of hydrogen-bond acceptors (Lipinski definition) is 3. The molecule has 0 radical (unpaired) electrons. The molecule has 0 spiro atoms. The molecule has 16 heavy (non-hydrogen) atoms. The summed E-state index contributed by atoms with van der Waals surface area (Å²) in [5.74, 6) is -0.606. The van der Waals surface area contributed by atoms with E-state index in [1.54, 1.807) is 6.07 Å². The third kappa shape index (κ3) is 3.84. The monoisotopic (exact) mass is 306 g/mol. The smallest absolute Gasteiger partial charge is 0.227 e. The summed E-state index contributed by atoms with van der Waals surface area (Å²) < 4.78 is 28.3. The van der Waals surface area contributed by atoms with Gasteiger partial charge in [-0.3, -0.25) is 0 Å². The van der Waals surface area contributed by atoms with Crippen LogP contribution in [0, 0.1) is 5.95 Å². The van der Waals surface area contributed by atoms with Gasteiger partial charge < -0.3 is 4.55 Å². The minimum atomic E-state index is -1.35. The Hall–Kier alpha value is -0.460. The first-order valence-corrected chi connectivity index (χ1v) is 6.49. The second kappa shape index (κ2) is 5.25. The molecule has 0 bridgehead atoms. The van der Waals surface area contributed by atoms with Crippen molar-refractivity contribution in [3.05, 3.63) is 28.2 Å². The van der Waals surface area contributed by atoms with Crippen LogP contribution in [0.4, 0.5) is 4.39 Å². The molecular weight excluding hydrogens is 295 g/mol. The molecule has 0 aliphatic heterocycles. The van der Waals surface area contributed by atoms with Gasteiger partial charge in [-0.05, 0) is 48.8 Å². The van der Waals surface area contributed by atoms with Gasteiger partial charge in [0.05, 0.1) is 10.2 Å². The molecule has 0 aliphatic rings. The quantitative estimate of drug-likeness (QED) is 0.479. The van der Waals surface area contributed by atoms with Gasteiger partial charge in [0.2, 0.25) is 5.95 Å². The highest BCUT2D eigenvalue weighted by atomic mass is 79.9. The molecule has 1 heterocycles. The molecule has 0 fully saturated rings. The van der Waals surface area contributed by atoms with E-state index >= 15 is 0 Å². The number of pyridine rings is 1. The van der Waals surface area contributed by atoms with Crippen molar-refractivity contribution in [1.29, 1.82) is 0 Å². The molecule has 1 aromatic heterocycles. The zero-order chi connectivity index (χ0) is 12.3. The van der Waals surface area contributed by atoms with E-state index in [4.69, 9.17) is 0 Å². The zero-order valence-corrected chi connectivity index (χ0v) is 11.6. The average molecular weight is 307 g/mol. The van der Waals surface area contributed by atoms with E-state index < -0.39 is 22.1 Å². The predicted molar refractivity (Wildman–Crippen MR) is 67.4 cm³/mol. The standard InChI is InChI=1S/C10H12BrFN2OS/c1-10(2,3)16(15)13-6-7-4-5-8(11)9(12)14-7/h4-6H,1-3H3/b13-6+. The van der Waals surface area contributed by atoms with E-state index in [1.165, 1.54) is 12.3 Å². The Morgan fingerprint density at radius 1 is 1.50 bits per heavy atom. The van der Waals surface area contributed by atoms with Crippen LogP contribution in [0.3, 0.4) is 0 Å². The van der Waals surface area contributed by atoms with Gasteiger partial charge in [-0.1, -0.05) is 4.40 Å². The second-order valence-electron chi connectivity index (χ2n) is 4.10. The van der Waals surface area contributed by atoms with Crippen LogP contribution in [0.25, 0.3) is 0 Å². The molecule has 6 heteroatoms. The third-order valence-electron chi connectivity index (χ3n) is 1.63. The number of rotatable bonds is 2. The summed E-state index contributed by atoms with van der Waals surface area (Å²) in [7, 11) is 0. The molecule has 1 rings (SSSR count). The van der Waals surface area contributed by atoms with E-state index in [9.17, 15) is 8.94 Å². The summed E-state index contributed by atoms with van der Waals surface area (Å²) in [6, 6.07) is 3.13. The van der Waals surface area contributed by atoms with E-state index in [2.05, 4.69) is 25.3 Å². The molecule has 0 saturated carbocycles. The lowest BCUT2D eigenvalue weighted by Gasteiger charge is -2.17. The second-order valence-corrected chi connectivity index (χ2v) is 6.89. The third-order valence-corrected chi connectivity index (χ3v) is 3.57. The van der Waals surface area contributed by atoms with Gasteiger partial charge in [-0.25, -0.2) is 4.98 Å². The molecule has 1 aromatic rings. The van der Waals surface area contributed by atoms with Crippen LogP contribution in [0.15, 0.2) is 21.0 Å². The van der Waals surface area contributed by atoms with Crippen LogP contribution in [0.5, 0.6) is 0 Å². The van der Waals surface area contributed by atoms with E-state index in [1.807, 2.05) is 20.8 Å². The van der Waals surface area contributed by atoms with Crippen LogP contribution in [0.2, 0.25) is 0 Å². The molecule has 0 aliphatic carbocycles. The number of halogens is 2. The highest BCUT2D eigenvalue weighted by Gasteiger charge is 2.25. The van der Waals surface area contributed by atoms with Gasteiger partial charge in [-0.2, -0.15) is 4.39 Å². The van der Waals surface area contributed by atoms with Crippen molar-refractivity contribution in [3.8, 4) is 0 Å². The summed E-state index contributed by atoms with van der Waals surface area (Å²) in [6.45, 7) is 5.45. The maximum atomic E-state index is 13.0. The number of nitrogens with zero attached hydrogens (tertiary/aromatic N) is 2. The van der Waals surface area contributed by atoms with Crippen molar-refractivity contribution in [2.24, 2.45) is 4.40 Å². The maximum Gasteiger partial charge on any atom is 0.227 e. The minimum absolute atomic E-state index is 0.293. The van der Waals surface area contributed by atoms with Crippen LogP contribution in [-0.2, 0) is 11.4 Å². The Bertz CT molecular complexity index is 406. The highest BCUT2D eigenvalue weighted by molar-refractivity contribution is 9.10. The SMILES string of the molecule is CC(C)(C)[S+]([O-])/N=C/c1ccc(Br)c(F)n1. The lowest BCUT2D eigenvalue weighted by molar-refractivity contribution is 0.561. The molecule has 1 atom stereocenters. The highest BCUT2D eigenvalue weighted by Crippen LogP contribution is 2.17. The van der Waals surface area contributed by atoms with Crippen molar-refractivity contribution in [1.82, 2.24) is 4.98 Å². The van der Waals surface area contributed by atoms with Gasteiger partial charge in [0.25, 0.3) is 0 Å². The number of hydrogen-bond donors (Lipinski definition) is 0. The first kappa shape index (κ1) is 13.6. The van der Waals surface area contributed by atoms with Gasteiger partial charge >= 0.3 is 0 Å². The average Bonchev–Trinajstić information content (AvgIpc) is 2.18. The molecular formula is C10H12BrFN2OS. The Kier molecular flexibility index (Phi) is 4.46. The van der Waals surface area contributed by atoms with Crippen molar-refractivity contribution in [2.45, 2.75) is 25.5 Å². The van der Waals surface area contributed by atoms with Gasteiger partial charge in [0.1, 0.15) is 22.3 Å². The van der Waals surface area contributed by atoms with E-state index in [-0.39, 0.29) is 0 Å². The molecule has 1 unspecified atom stereocenters.